The van der Waals surface area contributed by atoms with E-state index in [1.54, 1.807) is 11.0 Å². The number of nitrogens with zero attached hydrogens (tertiary/aromatic N) is 1. The van der Waals surface area contributed by atoms with Crippen molar-refractivity contribution < 1.29 is 14.6 Å². The Hall–Kier alpha value is -0.680. The van der Waals surface area contributed by atoms with Gasteiger partial charge in [0.2, 0.25) is 0 Å². The average Bonchev–Trinajstić information content (AvgIpc) is 2.52. The fourth-order valence-electron chi connectivity index (χ4n) is 1.88. The van der Waals surface area contributed by atoms with Gasteiger partial charge in [-0.3, -0.25) is 4.90 Å². The van der Waals surface area contributed by atoms with Crippen LogP contribution in [-0.4, -0.2) is 40.4 Å². The second kappa shape index (κ2) is 4.67. The Bertz CT molecular complexity index is 378. The van der Waals surface area contributed by atoms with Crippen LogP contribution in [0.5, 0.6) is 0 Å². The summed E-state index contributed by atoms with van der Waals surface area (Å²) < 4.78 is 13.4. The molecule has 1 aromatic carbocycles. The molecule has 2 unspecified atom stereocenters. The van der Waals surface area contributed by atoms with Crippen LogP contribution in [0.4, 0.5) is 4.39 Å². The Morgan fingerprint density at radius 1 is 1.31 bits per heavy atom. The number of β-amino-alcohol motifs (C(OH)–C–C–N with tert-alkyl or cyclic N) is 2. The standard InChI is InChI=1S/C11H13ClFNO2/c12-8-1-2-9(13)7(3-8)4-14-5-10(15)11(16)6-14/h1-3,10-11,15-16H,4-6H2. The van der Waals surface area contributed by atoms with E-state index in [0.717, 1.165) is 0 Å². The Labute approximate surface area is 98.1 Å². The first-order chi connectivity index (χ1) is 7.56. The number of hydrogen-bond acceptors (Lipinski definition) is 3. The molecule has 1 aliphatic rings. The van der Waals surface area contributed by atoms with Crippen molar-refractivity contribution in [3.8, 4) is 0 Å². The monoisotopic (exact) mass is 245 g/mol. The molecule has 5 heteroatoms. The quantitative estimate of drug-likeness (QED) is 0.818. The summed E-state index contributed by atoms with van der Waals surface area (Å²) in [7, 11) is 0. The lowest BCUT2D eigenvalue weighted by Gasteiger charge is -2.15. The van der Waals surface area contributed by atoms with E-state index in [-0.39, 0.29) is 5.82 Å². The molecule has 0 spiro atoms. The molecule has 0 amide bonds. The van der Waals surface area contributed by atoms with Gasteiger partial charge in [0.05, 0.1) is 12.2 Å². The number of likely N-dealkylation sites (tertiary alicyclic amines) is 1. The highest BCUT2D eigenvalue weighted by atomic mass is 35.5. The van der Waals surface area contributed by atoms with E-state index in [1.807, 2.05) is 0 Å². The van der Waals surface area contributed by atoms with E-state index in [9.17, 15) is 14.6 Å². The van der Waals surface area contributed by atoms with E-state index in [0.29, 0.717) is 30.2 Å². The molecule has 0 saturated carbocycles. The van der Waals surface area contributed by atoms with Gasteiger partial charge in [-0.05, 0) is 18.2 Å². The van der Waals surface area contributed by atoms with E-state index >= 15 is 0 Å². The lowest BCUT2D eigenvalue weighted by Crippen LogP contribution is -2.22. The molecule has 1 aliphatic heterocycles. The molecule has 88 valence electrons. The lowest BCUT2D eigenvalue weighted by molar-refractivity contribution is 0.0572. The van der Waals surface area contributed by atoms with Gasteiger partial charge in [-0.1, -0.05) is 11.6 Å². The van der Waals surface area contributed by atoms with Gasteiger partial charge < -0.3 is 10.2 Å². The van der Waals surface area contributed by atoms with Crippen LogP contribution in [0.2, 0.25) is 5.02 Å². The van der Waals surface area contributed by atoms with Crippen LogP contribution in [0.25, 0.3) is 0 Å². The van der Waals surface area contributed by atoms with E-state index in [1.165, 1.54) is 12.1 Å². The summed E-state index contributed by atoms with van der Waals surface area (Å²) in [6, 6.07) is 4.38. The summed E-state index contributed by atoms with van der Waals surface area (Å²) in [5.41, 5.74) is 0.480. The predicted octanol–water partition coefficient (Wildman–Crippen LogP) is 1.02. The molecule has 0 aliphatic carbocycles. The van der Waals surface area contributed by atoms with Crippen LogP contribution in [0.3, 0.4) is 0 Å². The fourth-order valence-corrected chi connectivity index (χ4v) is 2.08. The molecular weight excluding hydrogens is 233 g/mol. The maximum Gasteiger partial charge on any atom is 0.127 e. The van der Waals surface area contributed by atoms with E-state index in [4.69, 9.17) is 11.6 Å². The van der Waals surface area contributed by atoms with E-state index in [2.05, 4.69) is 0 Å². The van der Waals surface area contributed by atoms with Crippen LogP contribution in [0.1, 0.15) is 5.56 Å². The number of hydrogen-bond donors (Lipinski definition) is 2. The number of halogens is 2. The van der Waals surface area contributed by atoms with Crippen molar-refractivity contribution in [1.29, 1.82) is 0 Å². The Kier molecular flexibility index (Phi) is 3.44. The smallest absolute Gasteiger partial charge is 0.127 e. The van der Waals surface area contributed by atoms with Gasteiger partial charge in [0.15, 0.2) is 0 Å². The molecule has 0 bridgehead atoms. The fraction of sp³-hybridized carbons (Fsp3) is 0.455. The SMILES string of the molecule is OC1CN(Cc2cc(Cl)ccc2F)CC1O. The van der Waals surface area contributed by atoms with Crippen LogP contribution in [0.15, 0.2) is 18.2 Å². The zero-order chi connectivity index (χ0) is 11.7. The highest BCUT2D eigenvalue weighted by Gasteiger charge is 2.29. The molecular formula is C11H13ClFNO2. The summed E-state index contributed by atoms with van der Waals surface area (Å²) in [6.45, 7) is 1.06. The third-order valence-corrected chi connectivity index (χ3v) is 2.97. The number of aliphatic hydroxyl groups excluding tert-OH is 2. The minimum Gasteiger partial charge on any atom is -0.389 e. The Morgan fingerprint density at radius 3 is 2.56 bits per heavy atom. The van der Waals surface area contributed by atoms with Gasteiger partial charge in [-0.25, -0.2) is 4.39 Å². The summed E-state index contributed by atoms with van der Waals surface area (Å²) in [5.74, 6) is -0.319. The van der Waals surface area contributed by atoms with Gasteiger partial charge >= 0.3 is 0 Å². The largest absolute Gasteiger partial charge is 0.389 e. The number of rotatable bonds is 2. The summed E-state index contributed by atoms with van der Waals surface area (Å²) in [6.07, 6.45) is -1.50. The van der Waals surface area contributed by atoms with Gasteiger partial charge in [-0.15, -0.1) is 0 Å². The van der Waals surface area contributed by atoms with Crippen LogP contribution in [0, 0.1) is 5.82 Å². The first kappa shape index (κ1) is 11.8. The molecule has 2 rings (SSSR count). The van der Waals surface area contributed by atoms with Crippen molar-refractivity contribution in [1.82, 2.24) is 4.90 Å². The lowest BCUT2D eigenvalue weighted by atomic mass is 10.2. The summed E-state index contributed by atoms with van der Waals surface area (Å²) in [5, 5.41) is 19.2. The second-order valence-corrected chi connectivity index (χ2v) is 4.50. The molecule has 2 N–H and O–H groups in total. The third-order valence-electron chi connectivity index (χ3n) is 2.74. The summed E-state index contributed by atoms with van der Waals surface area (Å²) in [4.78, 5) is 1.80. The highest BCUT2D eigenvalue weighted by Crippen LogP contribution is 2.19. The van der Waals surface area contributed by atoms with E-state index < -0.39 is 12.2 Å². The Balaban J connectivity index is 2.07. The maximum absolute atomic E-state index is 13.4. The van der Waals surface area contributed by atoms with Crippen molar-refractivity contribution in [3.05, 3.63) is 34.6 Å². The zero-order valence-electron chi connectivity index (χ0n) is 8.61. The van der Waals surface area contributed by atoms with Crippen molar-refractivity contribution in [2.75, 3.05) is 13.1 Å². The third kappa shape index (κ3) is 2.52. The minimum atomic E-state index is -0.748. The normalized spacial score (nSPS) is 26.2. The molecule has 1 heterocycles. The van der Waals surface area contributed by atoms with Gasteiger partial charge in [0.25, 0.3) is 0 Å². The van der Waals surface area contributed by atoms with Gasteiger partial charge in [-0.2, -0.15) is 0 Å². The van der Waals surface area contributed by atoms with Crippen molar-refractivity contribution in [3.63, 3.8) is 0 Å². The molecule has 16 heavy (non-hydrogen) atoms. The molecule has 1 saturated heterocycles. The van der Waals surface area contributed by atoms with Crippen LogP contribution < -0.4 is 0 Å². The second-order valence-electron chi connectivity index (χ2n) is 4.06. The minimum absolute atomic E-state index is 0.319. The first-order valence-electron chi connectivity index (χ1n) is 5.08. The van der Waals surface area contributed by atoms with Crippen LogP contribution >= 0.6 is 11.6 Å². The van der Waals surface area contributed by atoms with Crippen molar-refractivity contribution >= 4 is 11.6 Å². The van der Waals surface area contributed by atoms with Crippen molar-refractivity contribution in [2.24, 2.45) is 0 Å². The zero-order valence-corrected chi connectivity index (χ0v) is 9.36. The molecule has 1 fully saturated rings. The molecule has 0 aromatic heterocycles. The Morgan fingerprint density at radius 2 is 1.94 bits per heavy atom. The average molecular weight is 246 g/mol. The topological polar surface area (TPSA) is 43.7 Å². The number of aliphatic hydroxyl groups is 2. The predicted molar refractivity (Wildman–Crippen MR) is 58.7 cm³/mol. The molecule has 1 aromatic rings. The highest BCUT2D eigenvalue weighted by molar-refractivity contribution is 6.30. The summed E-state index contributed by atoms with van der Waals surface area (Å²) >= 11 is 5.78. The molecule has 0 radical (unpaired) electrons. The van der Waals surface area contributed by atoms with Gasteiger partial charge in [0, 0.05) is 30.2 Å². The first-order valence-corrected chi connectivity index (χ1v) is 5.46. The van der Waals surface area contributed by atoms with Gasteiger partial charge in [0.1, 0.15) is 5.82 Å². The molecule has 3 nitrogen and oxygen atoms in total. The molecule has 2 atom stereocenters. The van der Waals surface area contributed by atoms with Crippen molar-refractivity contribution in [2.45, 2.75) is 18.8 Å². The van der Waals surface area contributed by atoms with Crippen LogP contribution in [-0.2, 0) is 6.54 Å². The maximum atomic E-state index is 13.4. The number of benzene rings is 1.